The molecule has 0 aromatic carbocycles. The van der Waals surface area contributed by atoms with Crippen molar-refractivity contribution in [2.45, 2.75) is 68.5 Å². The topological polar surface area (TPSA) is 32.8 Å². The lowest BCUT2D eigenvalue weighted by atomic mass is 9.99. The molecule has 0 spiro atoms. The summed E-state index contributed by atoms with van der Waals surface area (Å²) in [6.45, 7) is 19.9. The molecule has 1 fully saturated rings. The number of likely N-dealkylation sites (N-methyl/N-ethyl adjacent to an activating group) is 1. The fourth-order valence-electron chi connectivity index (χ4n) is 2.30. The first kappa shape index (κ1) is 24.4. The van der Waals surface area contributed by atoms with Crippen LogP contribution in [0.3, 0.4) is 0 Å². The zero-order valence-electron chi connectivity index (χ0n) is 14.4. The van der Waals surface area contributed by atoms with Gasteiger partial charge in [-0.25, -0.2) is 4.67 Å². The molecule has 5 heteroatoms. The van der Waals surface area contributed by atoms with Crippen LogP contribution in [0.2, 0.25) is 0 Å². The molecule has 1 aliphatic heterocycles. The Morgan fingerprint density at radius 1 is 0.955 bits per heavy atom. The monoisotopic (exact) mass is 336 g/mol. The standard InChI is InChI=1S/C15H33N2O2P.2CH4/c1-8-16-9-11-17(12-10-16)20(18,15(5,6)7)19-13-14(2,3)4;;/h8-13H2,1-7H3;2*1H4. The van der Waals surface area contributed by atoms with Crippen molar-refractivity contribution in [3.63, 3.8) is 0 Å². The van der Waals surface area contributed by atoms with E-state index in [1.807, 2.05) is 20.8 Å². The Hall–Kier alpha value is 0.110. The minimum atomic E-state index is -2.81. The molecule has 0 N–H and O–H groups in total. The number of rotatable bonds is 4. The number of nitrogens with zero attached hydrogens (tertiary/aromatic N) is 2. The molecule has 1 atom stereocenters. The van der Waals surface area contributed by atoms with Gasteiger partial charge in [-0.1, -0.05) is 42.5 Å². The molecule has 0 saturated carbocycles. The van der Waals surface area contributed by atoms with Crippen molar-refractivity contribution in [1.29, 1.82) is 0 Å². The fourth-order valence-corrected chi connectivity index (χ4v) is 4.96. The molecular formula is C17H41N2O2P. The largest absolute Gasteiger partial charge is 0.316 e. The quantitative estimate of drug-likeness (QED) is 0.680. The van der Waals surface area contributed by atoms with Gasteiger partial charge in [0.2, 0.25) is 0 Å². The van der Waals surface area contributed by atoms with Gasteiger partial charge in [0.1, 0.15) is 0 Å². The number of hydrogen-bond donors (Lipinski definition) is 0. The molecule has 0 aromatic heterocycles. The van der Waals surface area contributed by atoms with E-state index in [4.69, 9.17) is 4.52 Å². The molecule has 1 heterocycles. The predicted octanol–water partition coefficient (Wildman–Crippen LogP) is 4.95. The first-order valence-corrected chi connectivity index (χ1v) is 9.30. The maximum absolute atomic E-state index is 13.5. The Morgan fingerprint density at radius 2 is 1.41 bits per heavy atom. The third-order valence-electron chi connectivity index (χ3n) is 3.69. The summed E-state index contributed by atoms with van der Waals surface area (Å²) in [5, 5.41) is -0.341. The van der Waals surface area contributed by atoms with Crippen molar-refractivity contribution < 1.29 is 9.09 Å². The highest BCUT2D eigenvalue weighted by Crippen LogP contribution is 2.62. The molecular weight excluding hydrogens is 295 g/mol. The molecule has 4 nitrogen and oxygen atoms in total. The highest BCUT2D eigenvalue weighted by Gasteiger charge is 2.45. The summed E-state index contributed by atoms with van der Waals surface area (Å²) in [5.74, 6) is 0. The predicted molar refractivity (Wildman–Crippen MR) is 99.9 cm³/mol. The molecule has 1 unspecified atom stereocenters. The van der Waals surface area contributed by atoms with E-state index < -0.39 is 7.52 Å². The summed E-state index contributed by atoms with van der Waals surface area (Å²) >= 11 is 0. The van der Waals surface area contributed by atoms with Crippen LogP contribution in [0.5, 0.6) is 0 Å². The lowest BCUT2D eigenvalue weighted by Crippen LogP contribution is -2.47. The molecule has 0 bridgehead atoms. The van der Waals surface area contributed by atoms with Crippen molar-refractivity contribution in [2.24, 2.45) is 5.41 Å². The molecule has 1 aliphatic rings. The van der Waals surface area contributed by atoms with Crippen LogP contribution in [0.1, 0.15) is 63.3 Å². The smallest absolute Gasteiger partial charge is 0.277 e. The van der Waals surface area contributed by atoms with Crippen molar-refractivity contribution >= 4 is 7.52 Å². The Bertz CT molecular complexity index is 351. The van der Waals surface area contributed by atoms with Crippen LogP contribution in [-0.4, -0.2) is 54.1 Å². The van der Waals surface area contributed by atoms with E-state index in [2.05, 4.69) is 37.3 Å². The van der Waals surface area contributed by atoms with Crippen molar-refractivity contribution in [2.75, 3.05) is 39.3 Å². The lowest BCUT2D eigenvalue weighted by molar-refractivity contribution is 0.140. The SMILES string of the molecule is C.C.CCN1CCN(P(=O)(OCC(C)(C)C)C(C)(C)C)CC1. The first-order valence-electron chi connectivity index (χ1n) is 7.72. The molecule has 0 radical (unpaired) electrons. The summed E-state index contributed by atoms with van der Waals surface area (Å²) in [6.07, 6.45) is 0. The van der Waals surface area contributed by atoms with Gasteiger partial charge in [0.15, 0.2) is 0 Å². The Morgan fingerprint density at radius 3 is 1.73 bits per heavy atom. The second-order valence-corrected chi connectivity index (χ2v) is 11.1. The third kappa shape index (κ3) is 6.31. The molecule has 22 heavy (non-hydrogen) atoms. The van der Waals surface area contributed by atoms with E-state index in [0.717, 1.165) is 32.7 Å². The Balaban J connectivity index is 0. The summed E-state index contributed by atoms with van der Waals surface area (Å²) in [4.78, 5) is 2.40. The average molecular weight is 337 g/mol. The van der Waals surface area contributed by atoms with E-state index in [9.17, 15) is 4.57 Å². The normalized spacial score (nSPS) is 20.7. The lowest BCUT2D eigenvalue weighted by Gasteiger charge is -2.44. The van der Waals surface area contributed by atoms with Crippen LogP contribution in [0.15, 0.2) is 0 Å². The van der Waals surface area contributed by atoms with Gasteiger partial charge in [-0.15, -0.1) is 0 Å². The number of piperazine rings is 1. The molecule has 136 valence electrons. The molecule has 0 aliphatic carbocycles. The van der Waals surface area contributed by atoms with Gasteiger partial charge in [-0.2, -0.15) is 0 Å². The maximum Gasteiger partial charge on any atom is 0.277 e. The van der Waals surface area contributed by atoms with E-state index in [-0.39, 0.29) is 25.4 Å². The van der Waals surface area contributed by atoms with Crippen LogP contribution in [0.25, 0.3) is 0 Å². The second kappa shape index (κ2) is 8.82. The summed E-state index contributed by atoms with van der Waals surface area (Å²) in [6, 6.07) is 0. The van der Waals surface area contributed by atoms with Gasteiger partial charge in [-0.05, 0) is 32.7 Å². The minimum Gasteiger partial charge on any atom is -0.316 e. The van der Waals surface area contributed by atoms with Gasteiger partial charge >= 0.3 is 0 Å². The van der Waals surface area contributed by atoms with Crippen LogP contribution in [0.4, 0.5) is 0 Å². The van der Waals surface area contributed by atoms with Gasteiger partial charge in [0, 0.05) is 26.2 Å². The first-order chi connectivity index (χ1) is 8.99. The highest BCUT2D eigenvalue weighted by molar-refractivity contribution is 7.58. The molecule has 0 amide bonds. The van der Waals surface area contributed by atoms with Gasteiger partial charge in [0.25, 0.3) is 7.52 Å². The molecule has 1 saturated heterocycles. The van der Waals surface area contributed by atoms with Crippen LogP contribution < -0.4 is 0 Å². The zero-order chi connectivity index (χ0) is 15.6. The van der Waals surface area contributed by atoms with Crippen LogP contribution in [-0.2, 0) is 9.09 Å². The van der Waals surface area contributed by atoms with Gasteiger partial charge < -0.3 is 9.42 Å². The second-order valence-electron chi connectivity index (χ2n) is 7.91. The van der Waals surface area contributed by atoms with Crippen molar-refractivity contribution in [3.8, 4) is 0 Å². The van der Waals surface area contributed by atoms with E-state index in [1.54, 1.807) is 0 Å². The highest BCUT2D eigenvalue weighted by atomic mass is 31.2. The molecule has 0 aromatic rings. The van der Waals surface area contributed by atoms with E-state index in [1.165, 1.54) is 0 Å². The van der Waals surface area contributed by atoms with Gasteiger partial charge in [-0.3, -0.25) is 4.57 Å². The summed E-state index contributed by atoms with van der Waals surface area (Å²) < 4.78 is 21.6. The van der Waals surface area contributed by atoms with E-state index in [0.29, 0.717) is 6.61 Å². The van der Waals surface area contributed by atoms with Crippen molar-refractivity contribution in [1.82, 2.24) is 9.57 Å². The van der Waals surface area contributed by atoms with Gasteiger partial charge in [0.05, 0.1) is 11.8 Å². The summed E-state index contributed by atoms with van der Waals surface area (Å²) in [7, 11) is -2.81. The van der Waals surface area contributed by atoms with E-state index >= 15 is 0 Å². The summed E-state index contributed by atoms with van der Waals surface area (Å²) in [5.41, 5.74) is 0.0339. The fraction of sp³-hybridized carbons (Fsp3) is 1.00. The number of hydrogen-bond acceptors (Lipinski definition) is 3. The van der Waals surface area contributed by atoms with Crippen molar-refractivity contribution in [3.05, 3.63) is 0 Å². The third-order valence-corrected chi connectivity index (χ3v) is 7.01. The molecule has 1 rings (SSSR count). The maximum atomic E-state index is 13.5. The average Bonchev–Trinajstić information content (AvgIpc) is 2.34. The van der Waals surface area contributed by atoms with Crippen LogP contribution >= 0.6 is 7.52 Å². The Labute approximate surface area is 140 Å². The zero-order valence-corrected chi connectivity index (χ0v) is 15.3. The minimum absolute atomic E-state index is 0. The Kier molecular flexibility index (Phi) is 9.77. The van der Waals surface area contributed by atoms with Crippen LogP contribution in [0, 0.1) is 5.41 Å².